The Morgan fingerprint density at radius 3 is 2.61 bits per heavy atom. The fraction of sp³-hybridized carbons (Fsp3) is 0.227. The van der Waals surface area contributed by atoms with Crippen molar-refractivity contribution in [1.29, 1.82) is 0 Å². The Morgan fingerprint density at radius 1 is 1.21 bits per heavy atom. The number of halogens is 5. The van der Waals surface area contributed by atoms with Crippen LogP contribution in [0.2, 0.25) is 5.02 Å². The van der Waals surface area contributed by atoms with Crippen LogP contribution in [0.15, 0.2) is 47.8 Å². The van der Waals surface area contributed by atoms with E-state index in [0.717, 1.165) is 18.2 Å². The van der Waals surface area contributed by atoms with E-state index in [4.69, 9.17) is 16.3 Å². The highest BCUT2D eigenvalue weighted by Crippen LogP contribution is 2.32. The summed E-state index contributed by atoms with van der Waals surface area (Å²) in [6, 6.07) is 8.58. The number of anilines is 1. The molecular formula is C22H15ClF4N2O3S. The number of ether oxygens (including phenoxy) is 1. The lowest BCUT2D eigenvalue weighted by molar-refractivity contribution is -0.149. The highest BCUT2D eigenvalue weighted by molar-refractivity contribution is 7.13. The highest BCUT2D eigenvalue weighted by atomic mass is 35.5. The van der Waals surface area contributed by atoms with Crippen LogP contribution in [0.5, 0.6) is 0 Å². The van der Waals surface area contributed by atoms with Crippen LogP contribution in [0.1, 0.15) is 17.7 Å². The Kier molecular flexibility index (Phi) is 6.40. The minimum atomic E-state index is -4.42. The van der Waals surface area contributed by atoms with E-state index in [9.17, 15) is 27.2 Å². The van der Waals surface area contributed by atoms with E-state index in [-0.39, 0.29) is 30.5 Å². The van der Waals surface area contributed by atoms with Gasteiger partial charge < -0.3 is 9.64 Å². The fourth-order valence-electron chi connectivity index (χ4n) is 3.34. The van der Waals surface area contributed by atoms with Crippen LogP contribution >= 0.6 is 22.9 Å². The maximum absolute atomic E-state index is 13.7. The number of nitrogens with zero attached hydrogens (tertiary/aromatic N) is 2. The van der Waals surface area contributed by atoms with Gasteiger partial charge in [0.2, 0.25) is 5.91 Å². The summed E-state index contributed by atoms with van der Waals surface area (Å²) in [4.78, 5) is 30.3. The van der Waals surface area contributed by atoms with Crippen molar-refractivity contribution in [3.8, 4) is 10.6 Å². The van der Waals surface area contributed by atoms with Gasteiger partial charge in [0, 0.05) is 29.6 Å². The smallest absolute Gasteiger partial charge is 0.416 e. The van der Waals surface area contributed by atoms with Crippen molar-refractivity contribution < 1.29 is 31.9 Å². The van der Waals surface area contributed by atoms with E-state index in [1.54, 1.807) is 5.38 Å². The Bertz CT molecular complexity index is 1200. The molecule has 0 spiro atoms. The molecule has 1 unspecified atom stereocenters. The van der Waals surface area contributed by atoms with Crippen LogP contribution in [0.25, 0.3) is 10.6 Å². The summed E-state index contributed by atoms with van der Waals surface area (Å²) in [7, 11) is 0. The normalized spacial score (nSPS) is 16.3. The zero-order valence-electron chi connectivity index (χ0n) is 16.7. The molecule has 0 bridgehead atoms. The molecule has 2 aromatic carbocycles. The first kappa shape index (κ1) is 23.2. The quantitative estimate of drug-likeness (QED) is 0.333. The minimum absolute atomic E-state index is 0.0482. The molecule has 1 aromatic heterocycles. The molecule has 4 rings (SSSR count). The summed E-state index contributed by atoms with van der Waals surface area (Å²) in [5.74, 6) is -2.31. The van der Waals surface area contributed by atoms with Gasteiger partial charge in [-0.1, -0.05) is 23.7 Å². The maximum atomic E-state index is 13.7. The van der Waals surface area contributed by atoms with Crippen molar-refractivity contribution in [3.63, 3.8) is 0 Å². The molecule has 172 valence electrons. The lowest BCUT2D eigenvalue weighted by atomic mass is 10.1. The number of hydrogen-bond acceptors (Lipinski definition) is 5. The van der Waals surface area contributed by atoms with Gasteiger partial charge >= 0.3 is 12.1 Å². The number of aromatic nitrogens is 1. The SMILES string of the molecule is O=C(OCc1csc(-c2ccc(C(F)(F)F)cc2)n1)C1CC(=O)N(c2ccc(Cl)c(F)c2)C1. The maximum Gasteiger partial charge on any atom is 0.416 e. The number of thiazole rings is 1. The second-order valence-electron chi connectivity index (χ2n) is 7.33. The van der Waals surface area contributed by atoms with E-state index in [0.29, 0.717) is 22.0 Å². The summed E-state index contributed by atoms with van der Waals surface area (Å²) in [5.41, 5.74) is 0.498. The Morgan fingerprint density at radius 2 is 1.94 bits per heavy atom. The molecule has 11 heteroatoms. The predicted molar refractivity (Wildman–Crippen MR) is 114 cm³/mol. The van der Waals surface area contributed by atoms with Crippen molar-refractivity contribution in [2.24, 2.45) is 5.92 Å². The molecule has 1 aliphatic heterocycles. The molecule has 3 aromatic rings. The van der Waals surface area contributed by atoms with E-state index in [1.807, 2.05) is 0 Å². The van der Waals surface area contributed by atoms with Crippen molar-refractivity contribution in [3.05, 3.63) is 69.9 Å². The number of carbonyl (C=O) groups excluding carboxylic acids is 2. The molecule has 5 nitrogen and oxygen atoms in total. The number of benzene rings is 2. The Balaban J connectivity index is 1.35. The molecule has 1 amide bonds. The number of rotatable bonds is 5. The van der Waals surface area contributed by atoms with Crippen molar-refractivity contribution >= 4 is 40.5 Å². The molecule has 1 saturated heterocycles. The van der Waals surface area contributed by atoms with Crippen LogP contribution in [-0.2, 0) is 27.1 Å². The van der Waals surface area contributed by atoms with Crippen LogP contribution in [0, 0.1) is 11.7 Å². The average molecular weight is 499 g/mol. The molecule has 0 aliphatic carbocycles. The average Bonchev–Trinajstić information content (AvgIpc) is 3.40. The van der Waals surface area contributed by atoms with Crippen LogP contribution < -0.4 is 4.90 Å². The van der Waals surface area contributed by atoms with E-state index in [1.165, 1.54) is 40.5 Å². The van der Waals surface area contributed by atoms with Gasteiger partial charge in [0.1, 0.15) is 17.4 Å². The third-order valence-corrected chi connectivity index (χ3v) is 6.29. The van der Waals surface area contributed by atoms with Gasteiger partial charge in [0.05, 0.1) is 22.2 Å². The molecule has 0 radical (unpaired) electrons. The Hall–Kier alpha value is -2.98. The van der Waals surface area contributed by atoms with Crippen molar-refractivity contribution in [2.75, 3.05) is 11.4 Å². The topological polar surface area (TPSA) is 59.5 Å². The first-order valence-corrected chi connectivity index (χ1v) is 10.9. The number of amides is 1. The molecule has 1 atom stereocenters. The molecule has 1 aliphatic rings. The fourth-order valence-corrected chi connectivity index (χ4v) is 4.27. The molecule has 1 fully saturated rings. The third-order valence-electron chi connectivity index (χ3n) is 5.05. The van der Waals surface area contributed by atoms with Crippen molar-refractivity contribution in [1.82, 2.24) is 4.98 Å². The molecule has 0 N–H and O–H groups in total. The zero-order chi connectivity index (χ0) is 23.8. The second kappa shape index (κ2) is 9.11. The number of esters is 1. The second-order valence-corrected chi connectivity index (χ2v) is 8.60. The summed E-state index contributed by atoms with van der Waals surface area (Å²) in [6.45, 7) is -0.0944. The van der Waals surface area contributed by atoms with Crippen LogP contribution in [-0.4, -0.2) is 23.4 Å². The third kappa shape index (κ3) is 5.17. The highest BCUT2D eigenvalue weighted by Gasteiger charge is 2.36. The monoisotopic (exact) mass is 498 g/mol. The summed E-state index contributed by atoms with van der Waals surface area (Å²) in [5, 5.41) is 2.06. The standard InChI is InChI=1S/C22H15ClF4N2O3S/c23-17-6-5-16(8-18(17)24)29-9-13(7-19(29)30)21(31)32-10-15-11-33-20(28-15)12-1-3-14(4-2-12)22(25,26)27/h1-6,8,11,13H,7,9-10H2. The first-order chi connectivity index (χ1) is 15.6. The summed E-state index contributed by atoms with van der Waals surface area (Å²) < 4.78 is 57.1. The molecule has 0 saturated carbocycles. The predicted octanol–water partition coefficient (Wildman–Crippen LogP) is 5.72. The van der Waals surface area contributed by atoms with Crippen molar-refractivity contribution in [2.45, 2.75) is 19.2 Å². The van der Waals surface area contributed by atoms with Gasteiger partial charge in [-0.15, -0.1) is 11.3 Å². The van der Waals surface area contributed by atoms with E-state index < -0.39 is 29.4 Å². The Labute approximate surface area is 194 Å². The summed E-state index contributed by atoms with van der Waals surface area (Å²) in [6.07, 6.45) is -4.49. The number of alkyl halides is 3. The van der Waals surface area contributed by atoms with Gasteiger partial charge in [-0.05, 0) is 30.3 Å². The molecule has 33 heavy (non-hydrogen) atoms. The summed E-state index contributed by atoms with van der Waals surface area (Å²) >= 11 is 6.87. The molecule has 2 heterocycles. The van der Waals surface area contributed by atoms with Crippen LogP contribution in [0.4, 0.5) is 23.2 Å². The number of carbonyl (C=O) groups is 2. The zero-order valence-corrected chi connectivity index (χ0v) is 18.3. The van der Waals surface area contributed by atoms with Gasteiger partial charge in [0.25, 0.3) is 0 Å². The van der Waals surface area contributed by atoms with Gasteiger partial charge in [-0.3, -0.25) is 9.59 Å². The van der Waals surface area contributed by atoms with Gasteiger partial charge in [0.15, 0.2) is 0 Å². The largest absolute Gasteiger partial charge is 0.459 e. The van der Waals surface area contributed by atoms with E-state index in [2.05, 4.69) is 4.98 Å². The molecular weight excluding hydrogens is 484 g/mol. The minimum Gasteiger partial charge on any atom is -0.459 e. The van der Waals surface area contributed by atoms with Crippen LogP contribution in [0.3, 0.4) is 0 Å². The van der Waals surface area contributed by atoms with Gasteiger partial charge in [-0.2, -0.15) is 13.2 Å². The lowest BCUT2D eigenvalue weighted by Crippen LogP contribution is -2.26. The lowest BCUT2D eigenvalue weighted by Gasteiger charge is -2.16. The van der Waals surface area contributed by atoms with Gasteiger partial charge in [-0.25, -0.2) is 9.37 Å². The first-order valence-electron chi connectivity index (χ1n) is 9.66. The van der Waals surface area contributed by atoms with E-state index >= 15 is 0 Å². The number of hydrogen-bond donors (Lipinski definition) is 0.